The number of fused-ring (bicyclic) bond motifs is 2. The summed E-state index contributed by atoms with van der Waals surface area (Å²) in [6.07, 6.45) is 9.97. The van der Waals surface area contributed by atoms with Crippen LogP contribution < -0.4 is 14.4 Å². The molecule has 218 valence electrons. The van der Waals surface area contributed by atoms with E-state index in [1.165, 1.54) is 20.4 Å². The second-order valence-corrected chi connectivity index (χ2v) is 12.4. The highest BCUT2D eigenvalue weighted by atomic mass is 32.2. The van der Waals surface area contributed by atoms with Crippen molar-refractivity contribution < 1.29 is 27.6 Å². The second kappa shape index (κ2) is 12.1. The smallest absolute Gasteiger partial charge is 0.238 e. The first kappa shape index (κ1) is 29.5. The lowest BCUT2D eigenvalue weighted by Crippen LogP contribution is -2.45. The van der Waals surface area contributed by atoms with E-state index in [0.717, 1.165) is 68.0 Å². The number of nitrogens with one attached hydrogen (secondary N) is 1. The molecular formula is C29H35BF2N4O4S. The van der Waals surface area contributed by atoms with Gasteiger partial charge < -0.3 is 24.3 Å². The van der Waals surface area contributed by atoms with Crippen molar-refractivity contribution in [2.45, 2.75) is 50.4 Å². The van der Waals surface area contributed by atoms with Crippen LogP contribution >= 0.6 is 0 Å². The predicted octanol–water partition coefficient (Wildman–Crippen LogP) is 4.20. The number of carbonyl (C=O) groups is 1. The number of halogens is 2. The van der Waals surface area contributed by atoms with Gasteiger partial charge in [-0.15, -0.1) is 10.3 Å². The Bertz CT molecular complexity index is 1330. The maximum atomic E-state index is 15.3. The van der Waals surface area contributed by atoms with Gasteiger partial charge in [-0.25, -0.2) is 8.78 Å². The molecule has 2 fully saturated rings. The van der Waals surface area contributed by atoms with Crippen LogP contribution in [0.25, 0.3) is 5.57 Å². The maximum absolute atomic E-state index is 15.3. The van der Waals surface area contributed by atoms with E-state index >= 15 is 8.78 Å². The van der Waals surface area contributed by atoms with Crippen molar-refractivity contribution in [2.75, 3.05) is 38.5 Å². The molecule has 0 bridgehead atoms. The molecule has 1 atom stereocenters. The first-order valence-electron chi connectivity index (χ1n) is 13.9. The molecule has 8 nitrogen and oxygen atoms in total. The van der Waals surface area contributed by atoms with Crippen LogP contribution in [-0.4, -0.2) is 66.8 Å². The van der Waals surface area contributed by atoms with Crippen molar-refractivity contribution in [3.63, 3.8) is 0 Å². The number of nitrogens with zero attached hydrogens (tertiary/aromatic N) is 3. The van der Waals surface area contributed by atoms with Crippen LogP contribution in [0.1, 0.15) is 48.9 Å². The van der Waals surface area contributed by atoms with Gasteiger partial charge in [0, 0.05) is 48.5 Å². The summed E-state index contributed by atoms with van der Waals surface area (Å²) in [7, 11) is 3.35. The van der Waals surface area contributed by atoms with E-state index in [2.05, 4.69) is 4.98 Å². The average Bonchev–Trinajstić information content (AvgIpc) is 3.78. The standard InChI is InChI=1S/C29H35BF2N4O4S/c1-39-23-13-24(40-2)26(32)27(25(23)31)36-17-20-16-34-22(12-21(20)29(7-8-29)28(36)37)19(15-33)14-30-9-4-18-5-10-35(11-6-18)41(3)38/h12-16,18,30,33H,4-11,17H2,1-3H3/b19-14+,33-15?. The Morgan fingerprint density at radius 1 is 1.22 bits per heavy atom. The highest BCUT2D eigenvalue weighted by molar-refractivity contribution is 7.88. The van der Waals surface area contributed by atoms with Gasteiger partial charge in [-0.2, -0.15) is 0 Å². The van der Waals surface area contributed by atoms with Gasteiger partial charge in [-0.3, -0.25) is 9.78 Å². The third-order valence-corrected chi connectivity index (χ3v) is 9.72. The fourth-order valence-electron chi connectivity index (χ4n) is 6.08. The highest BCUT2D eigenvalue weighted by Crippen LogP contribution is 2.55. The van der Waals surface area contributed by atoms with E-state index in [0.29, 0.717) is 30.0 Å². The number of carbonyl (C=O) groups excluding carboxylic acids is 1. The van der Waals surface area contributed by atoms with Crippen molar-refractivity contribution in [3.8, 4) is 11.5 Å². The van der Waals surface area contributed by atoms with Gasteiger partial charge in [0.25, 0.3) is 0 Å². The number of piperidine rings is 1. The summed E-state index contributed by atoms with van der Waals surface area (Å²) in [6.45, 7) is 1.70. The summed E-state index contributed by atoms with van der Waals surface area (Å²) < 4.78 is 54.4. The van der Waals surface area contributed by atoms with Gasteiger partial charge in [0.2, 0.25) is 5.91 Å². The molecule has 1 aromatic heterocycles. The zero-order valence-electron chi connectivity index (χ0n) is 23.7. The number of allylic oxidation sites excluding steroid dienone is 1. The molecule has 41 heavy (non-hydrogen) atoms. The Balaban J connectivity index is 1.34. The topological polar surface area (TPSA) is 102 Å². The largest absolute Gasteiger partial charge is 0.598 e. The lowest BCUT2D eigenvalue weighted by molar-refractivity contribution is -0.121. The van der Waals surface area contributed by atoms with Crippen molar-refractivity contribution >= 4 is 42.0 Å². The number of anilines is 1. The zero-order chi connectivity index (χ0) is 29.3. The van der Waals surface area contributed by atoms with Crippen molar-refractivity contribution in [1.82, 2.24) is 9.29 Å². The van der Waals surface area contributed by atoms with Crippen molar-refractivity contribution in [3.05, 3.63) is 52.8 Å². The lowest BCUT2D eigenvalue weighted by Gasteiger charge is -2.35. The number of amides is 1. The summed E-state index contributed by atoms with van der Waals surface area (Å²) in [5.41, 5.74) is 1.47. The Morgan fingerprint density at radius 3 is 2.44 bits per heavy atom. The normalized spacial score (nSPS) is 19.6. The molecule has 1 saturated carbocycles. The van der Waals surface area contributed by atoms with Gasteiger partial charge in [0.05, 0.1) is 31.9 Å². The third kappa shape index (κ3) is 5.61. The molecule has 2 aromatic rings. The summed E-state index contributed by atoms with van der Waals surface area (Å²) in [4.78, 5) is 19.5. The van der Waals surface area contributed by atoms with Gasteiger partial charge in [0.15, 0.2) is 23.1 Å². The van der Waals surface area contributed by atoms with E-state index in [1.54, 1.807) is 12.5 Å². The molecule has 2 aliphatic heterocycles. The van der Waals surface area contributed by atoms with Crippen LogP contribution in [0.3, 0.4) is 0 Å². The number of ether oxygens (including phenoxy) is 2. The fourth-order valence-corrected chi connectivity index (χ4v) is 6.81. The number of rotatable bonds is 10. The molecule has 12 heteroatoms. The van der Waals surface area contributed by atoms with Crippen LogP contribution in [-0.2, 0) is 28.1 Å². The van der Waals surface area contributed by atoms with Crippen LogP contribution in [0, 0.1) is 23.0 Å². The summed E-state index contributed by atoms with van der Waals surface area (Å²) in [6, 6.07) is 2.99. The molecule has 0 radical (unpaired) electrons. The highest BCUT2D eigenvalue weighted by Gasteiger charge is 2.57. The SMILES string of the molecule is COc1cc(OC)c(F)c(N2Cc3cnc(/C(C=N)=C/BCCC4CCN([S+](C)[O-])CC4)cc3C3(CC3)C2=O)c1F. The molecule has 1 saturated heterocycles. The van der Waals surface area contributed by atoms with Crippen LogP contribution in [0.2, 0.25) is 6.32 Å². The van der Waals surface area contributed by atoms with Crippen molar-refractivity contribution in [2.24, 2.45) is 5.92 Å². The van der Waals surface area contributed by atoms with E-state index in [1.807, 2.05) is 16.3 Å². The van der Waals surface area contributed by atoms with Gasteiger partial charge in [0.1, 0.15) is 19.2 Å². The molecule has 3 heterocycles. The summed E-state index contributed by atoms with van der Waals surface area (Å²) in [5, 5.41) is 8.00. The number of aromatic nitrogens is 1. The third-order valence-electron chi connectivity index (χ3n) is 8.62. The van der Waals surface area contributed by atoms with E-state index < -0.39 is 34.1 Å². The summed E-state index contributed by atoms with van der Waals surface area (Å²) >= 11 is -0.900. The van der Waals surface area contributed by atoms with Gasteiger partial charge >= 0.3 is 0 Å². The number of benzene rings is 1. The fraction of sp³-hybridized carbons (Fsp3) is 0.483. The molecule has 1 spiro atoms. The molecule has 1 aromatic carbocycles. The summed E-state index contributed by atoms with van der Waals surface area (Å²) in [5.74, 6) is -0.0600. The lowest BCUT2D eigenvalue weighted by atomic mass is 9.69. The molecule has 5 rings (SSSR count). The van der Waals surface area contributed by atoms with E-state index in [-0.39, 0.29) is 24.0 Å². The van der Waals surface area contributed by atoms with Gasteiger partial charge in [-0.1, -0.05) is 12.7 Å². The molecule has 3 aliphatic rings. The quantitative estimate of drug-likeness (QED) is 0.195. The zero-order valence-corrected chi connectivity index (χ0v) is 24.5. The minimum Gasteiger partial charge on any atom is -0.598 e. The Labute approximate surface area is 243 Å². The first-order valence-corrected chi connectivity index (χ1v) is 15.5. The maximum Gasteiger partial charge on any atom is 0.238 e. The molecule has 1 amide bonds. The Kier molecular flexibility index (Phi) is 8.72. The number of hydrogen-bond donors (Lipinski definition) is 1. The van der Waals surface area contributed by atoms with E-state index in [4.69, 9.17) is 14.9 Å². The number of pyridine rings is 1. The minimum absolute atomic E-state index is 0.0402. The first-order chi connectivity index (χ1) is 19.7. The molecular weight excluding hydrogens is 549 g/mol. The minimum atomic E-state index is -0.956. The Hall–Kier alpha value is -2.96. The Morgan fingerprint density at radius 2 is 1.88 bits per heavy atom. The second-order valence-electron chi connectivity index (χ2n) is 11.0. The van der Waals surface area contributed by atoms with Crippen LogP contribution in [0.5, 0.6) is 11.5 Å². The van der Waals surface area contributed by atoms with Crippen LogP contribution in [0.15, 0.2) is 24.3 Å². The average molecular weight is 584 g/mol. The molecule has 1 aliphatic carbocycles. The number of hydrogen-bond acceptors (Lipinski definition) is 7. The van der Waals surface area contributed by atoms with Crippen LogP contribution in [0.4, 0.5) is 14.5 Å². The molecule has 1 N–H and O–H groups in total. The van der Waals surface area contributed by atoms with Crippen molar-refractivity contribution in [1.29, 1.82) is 5.41 Å². The predicted molar refractivity (Wildman–Crippen MR) is 157 cm³/mol. The van der Waals surface area contributed by atoms with E-state index in [9.17, 15) is 9.35 Å². The number of methoxy groups -OCH3 is 2. The van der Waals surface area contributed by atoms with Gasteiger partial charge in [-0.05, 0) is 48.8 Å². The molecule has 1 unspecified atom stereocenters. The monoisotopic (exact) mass is 584 g/mol.